The van der Waals surface area contributed by atoms with Gasteiger partial charge in [0.2, 0.25) is 5.91 Å². The molecule has 0 spiro atoms. The van der Waals surface area contributed by atoms with E-state index in [0.29, 0.717) is 31.2 Å². The van der Waals surface area contributed by atoms with Gasteiger partial charge in [0.1, 0.15) is 11.6 Å². The number of aromatic nitrogens is 4. The maximum Gasteiger partial charge on any atom is 0.230 e. The predicted octanol–water partition coefficient (Wildman–Crippen LogP) is 3.35. The number of anilines is 2. The first-order valence-corrected chi connectivity index (χ1v) is 10.1. The number of aromatic amines is 1. The number of aryl methyl sites for hydroxylation is 1. The number of amides is 1. The third-order valence-corrected chi connectivity index (χ3v) is 5.22. The van der Waals surface area contributed by atoms with Crippen molar-refractivity contribution in [2.75, 3.05) is 11.9 Å². The molecule has 2 aromatic heterocycles. The van der Waals surface area contributed by atoms with Crippen molar-refractivity contribution in [2.45, 2.75) is 52.5 Å². The van der Waals surface area contributed by atoms with E-state index in [1.165, 1.54) is 5.56 Å². The summed E-state index contributed by atoms with van der Waals surface area (Å²) in [5.74, 6) is 3.10. The number of hydrogen-bond donors (Lipinski definition) is 2. The van der Waals surface area contributed by atoms with Crippen LogP contribution in [0.4, 0.5) is 11.5 Å². The minimum absolute atomic E-state index is 0.0169. The largest absolute Gasteiger partial charge is 0.359 e. The summed E-state index contributed by atoms with van der Waals surface area (Å²) in [6.07, 6.45) is 1.78. The van der Waals surface area contributed by atoms with Crippen LogP contribution in [0, 0.1) is 0 Å². The SMILES string of the molecule is CCc1ccccc1Nc1noc2c1CN(C(=O)Cc1nc(C(C)C)n[nH]1)CC2. The van der Waals surface area contributed by atoms with Gasteiger partial charge in [0.15, 0.2) is 11.6 Å². The monoisotopic (exact) mass is 394 g/mol. The second kappa shape index (κ2) is 8.06. The van der Waals surface area contributed by atoms with E-state index >= 15 is 0 Å². The molecule has 152 valence electrons. The van der Waals surface area contributed by atoms with Crippen LogP contribution in [0.15, 0.2) is 28.8 Å². The van der Waals surface area contributed by atoms with Crippen LogP contribution in [0.3, 0.4) is 0 Å². The summed E-state index contributed by atoms with van der Waals surface area (Å²) in [5, 5.41) is 14.7. The fourth-order valence-electron chi connectivity index (χ4n) is 3.50. The van der Waals surface area contributed by atoms with Crippen LogP contribution < -0.4 is 5.32 Å². The lowest BCUT2D eigenvalue weighted by Gasteiger charge is -2.26. The van der Waals surface area contributed by atoms with Gasteiger partial charge in [-0.15, -0.1) is 0 Å². The van der Waals surface area contributed by atoms with Crippen LogP contribution >= 0.6 is 0 Å². The smallest absolute Gasteiger partial charge is 0.230 e. The first kappa shape index (κ1) is 19.2. The molecule has 0 saturated carbocycles. The molecule has 1 amide bonds. The number of carbonyl (C=O) groups excluding carboxylic acids is 1. The van der Waals surface area contributed by atoms with Gasteiger partial charge in [-0.3, -0.25) is 9.89 Å². The average Bonchev–Trinajstić information content (AvgIpc) is 3.35. The highest BCUT2D eigenvalue weighted by Crippen LogP contribution is 2.29. The first-order chi connectivity index (χ1) is 14.0. The summed E-state index contributed by atoms with van der Waals surface area (Å²) >= 11 is 0. The van der Waals surface area contributed by atoms with E-state index in [2.05, 4.69) is 38.6 Å². The van der Waals surface area contributed by atoms with Crippen molar-refractivity contribution in [3.8, 4) is 0 Å². The van der Waals surface area contributed by atoms with Crippen LogP contribution in [0.1, 0.15) is 55.2 Å². The van der Waals surface area contributed by atoms with E-state index in [0.717, 1.165) is 29.3 Å². The molecule has 1 aliphatic rings. The lowest BCUT2D eigenvalue weighted by molar-refractivity contribution is -0.131. The maximum atomic E-state index is 12.8. The number of hydrogen-bond acceptors (Lipinski definition) is 6. The Balaban J connectivity index is 1.47. The molecule has 8 heteroatoms. The molecule has 3 heterocycles. The zero-order valence-corrected chi connectivity index (χ0v) is 17.0. The fraction of sp³-hybridized carbons (Fsp3) is 0.429. The van der Waals surface area contributed by atoms with E-state index in [1.807, 2.05) is 36.9 Å². The molecule has 0 unspecified atom stereocenters. The van der Waals surface area contributed by atoms with Gasteiger partial charge in [-0.05, 0) is 18.1 Å². The number of para-hydroxylation sites is 1. The Morgan fingerprint density at radius 3 is 2.93 bits per heavy atom. The Labute approximate surface area is 169 Å². The van der Waals surface area contributed by atoms with E-state index < -0.39 is 0 Å². The second-order valence-corrected chi connectivity index (χ2v) is 7.61. The molecule has 0 atom stereocenters. The zero-order valence-electron chi connectivity index (χ0n) is 17.0. The van der Waals surface area contributed by atoms with Crippen molar-refractivity contribution in [1.82, 2.24) is 25.2 Å². The molecule has 0 bridgehead atoms. The van der Waals surface area contributed by atoms with Gasteiger partial charge in [0, 0.05) is 24.6 Å². The summed E-state index contributed by atoms with van der Waals surface area (Å²) < 4.78 is 5.53. The van der Waals surface area contributed by atoms with Gasteiger partial charge < -0.3 is 14.7 Å². The molecule has 4 rings (SSSR count). The highest BCUT2D eigenvalue weighted by Gasteiger charge is 2.28. The van der Waals surface area contributed by atoms with Gasteiger partial charge in [0.05, 0.1) is 18.5 Å². The number of benzene rings is 1. The zero-order chi connectivity index (χ0) is 20.4. The van der Waals surface area contributed by atoms with Crippen LogP contribution in [-0.2, 0) is 30.6 Å². The van der Waals surface area contributed by atoms with Crippen molar-refractivity contribution in [3.05, 3.63) is 52.8 Å². The van der Waals surface area contributed by atoms with Crippen molar-refractivity contribution < 1.29 is 9.32 Å². The van der Waals surface area contributed by atoms with Crippen molar-refractivity contribution >= 4 is 17.4 Å². The van der Waals surface area contributed by atoms with E-state index in [1.54, 1.807) is 0 Å². The summed E-state index contributed by atoms with van der Waals surface area (Å²) in [4.78, 5) is 19.1. The third kappa shape index (κ3) is 4.01. The number of H-pyrrole nitrogens is 1. The molecule has 29 heavy (non-hydrogen) atoms. The Hall–Kier alpha value is -3.16. The lowest BCUT2D eigenvalue weighted by Crippen LogP contribution is -2.36. The maximum absolute atomic E-state index is 12.8. The van der Waals surface area contributed by atoms with Crippen molar-refractivity contribution in [3.63, 3.8) is 0 Å². The average molecular weight is 394 g/mol. The van der Waals surface area contributed by atoms with Crippen LogP contribution in [0.2, 0.25) is 0 Å². The predicted molar refractivity (Wildman–Crippen MR) is 109 cm³/mol. The molecule has 0 radical (unpaired) electrons. The molecular formula is C21H26N6O2. The van der Waals surface area contributed by atoms with E-state index in [-0.39, 0.29) is 18.2 Å². The fourth-order valence-corrected chi connectivity index (χ4v) is 3.50. The molecule has 2 N–H and O–H groups in total. The molecule has 1 aliphatic heterocycles. The molecule has 0 saturated heterocycles. The lowest BCUT2D eigenvalue weighted by atomic mass is 10.1. The van der Waals surface area contributed by atoms with E-state index in [4.69, 9.17) is 4.52 Å². The highest BCUT2D eigenvalue weighted by molar-refractivity contribution is 5.78. The molecular weight excluding hydrogens is 368 g/mol. The van der Waals surface area contributed by atoms with Crippen molar-refractivity contribution in [2.24, 2.45) is 0 Å². The van der Waals surface area contributed by atoms with Gasteiger partial charge in [-0.25, -0.2) is 4.98 Å². The quantitative estimate of drug-likeness (QED) is 0.665. The van der Waals surface area contributed by atoms with Gasteiger partial charge in [0.25, 0.3) is 0 Å². The Morgan fingerprint density at radius 2 is 2.17 bits per heavy atom. The molecule has 1 aromatic carbocycles. The van der Waals surface area contributed by atoms with Gasteiger partial charge in [-0.1, -0.05) is 44.1 Å². The van der Waals surface area contributed by atoms with Crippen LogP contribution in [0.5, 0.6) is 0 Å². The second-order valence-electron chi connectivity index (χ2n) is 7.61. The molecule has 8 nitrogen and oxygen atoms in total. The van der Waals surface area contributed by atoms with E-state index in [9.17, 15) is 4.79 Å². The Morgan fingerprint density at radius 1 is 1.34 bits per heavy atom. The highest BCUT2D eigenvalue weighted by atomic mass is 16.5. The minimum atomic E-state index is 0.0169. The molecule has 0 aliphatic carbocycles. The van der Waals surface area contributed by atoms with Crippen LogP contribution in [0.25, 0.3) is 0 Å². The number of nitrogens with one attached hydrogen (secondary N) is 2. The summed E-state index contributed by atoms with van der Waals surface area (Å²) in [5.41, 5.74) is 3.16. The van der Waals surface area contributed by atoms with Crippen LogP contribution in [-0.4, -0.2) is 37.7 Å². The Kier molecular flexibility index (Phi) is 5.33. The summed E-state index contributed by atoms with van der Waals surface area (Å²) in [7, 11) is 0. The number of fused-ring (bicyclic) bond motifs is 1. The normalized spacial score (nSPS) is 13.6. The Bertz CT molecular complexity index is 1010. The van der Waals surface area contributed by atoms with Crippen molar-refractivity contribution in [1.29, 1.82) is 0 Å². The topological polar surface area (TPSA) is 99.9 Å². The minimum Gasteiger partial charge on any atom is -0.359 e. The summed E-state index contributed by atoms with van der Waals surface area (Å²) in [6.45, 7) is 7.25. The molecule has 3 aromatic rings. The summed E-state index contributed by atoms with van der Waals surface area (Å²) in [6, 6.07) is 8.14. The molecule has 0 fully saturated rings. The third-order valence-electron chi connectivity index (χ3n) is 5.22. The number of rotatable bonds is 6. The standard InChI is InChI=1S/C21H26N6O2/c1-4-14-7-5-6-8-16(14)22-21-15-12-27(10-9-17(15)29-26-21)19(28)11-18-23-20(13(2)3)25-24-18/h5-8,13H,4,9-12H2,1-3H3,(H,22,26)(H,23,24,25). The first-order valence-electron chi connectivity index (χ1n) is 10.1. The number of nitrogens with zero attached hydrogens (tertiary/aromatic N) is 4. The number of carbonyl (C=O) groups is 1. The van der Waals surface area contributed by atoms with Gasteiger partial charge >= 0.3 is 0 Å². The van der Waals surface area contributed by atoms with Gasteiger partial charge in [-0.2, -0.15) is 5.10 Å².